The molecule has 0 aromatic heterocycles. The van der Waals surface area contributed by atoms with Crippen LogP contribution in [0.25, 0.3) is 0 Å². The van der Waals surface area contributed by atoms with Gasteiger partial charge in [0.1, 0.15) is 5.82 Å². The van der Waals surface area contributed by atoms with E-state index in [1.165, 1.54) is 25.3 Å². The first-order valence-corrected chi connectivity index (χ1v) is 9.55. The van der Waals surface area contributed by atoms with Crippen LogP contribution in [-0.4, -0.2) is 31.3 Å². The fourth-order valence-electron chi connectivity index (χ4n) is 4.90. The average molecular weight is 345 g/mol. The van der Waals surface area contributed by atoms with Gasteiger partial charge in [0.05, 0.1) is 12.6 Å². The van der Waals surface area contributed by atoms with Crippen LogP contribution >= 0.6 is 0 Å². The maximum Gasteiger partial charge on any atom is 0.191 e. The molecule has 1 aromatic rings. The highest BCUT2D eigenvalue weighted by molar-refractivity contribution is 5.80. The van der Waals surface area contributed by atoms with Crippen molar-refractivity contribution in [3.05, 3.63) is 35.1 Å². The minimum atomic E-state index is -0.161. The molecule has 1 aliphatic heterocycles. The predicted molar refractivity (Wildman–Crippen MR) is 97.0 cm³/mol. The van der Waals surface area contributed by atoms with E-state index in [0.29, 0.717) is 35.6 Å². The Labute approximate surface area is 149 Å². The van der Waals surface area contributed by atoms with E-state index in [9.17, 15) is 4.39 Å². The van der Waals surface area contributed by atoms with Gasteiger partial charge in [0, 0.05) is 30.5 Å². The second kappa shape index (κ2) is 6.60. The molecular weight excluding hydrogens is 317 g/mol. The summed E-state index contributed by atoms with van der Waals surface area (Å²) in [5, 5.41) is 7.07. The second-order valence-corrected chi connectivity index (χ2v) is 7.73. The van der Waals surface area contributed by atoms with Crippen molar-refractivity contribution < 1.29 is 9.13 Å². The molecule has 25 heavy (non-hydrogen) atoms. The Morgan fingerprint density at radius 2 is 2.24 bits per heavy atom. The highest BCUT2D eigenvalue weighted by atomic mass is 19.1. The number of aliphatic imine (C=N–C) groups is 1. The van der Waals surface area contributed by atoms with Crippen LogP contribution < -0.4 is 10.6 Å². The number of fused-ring (bicyclic) bond motifs is 2. The summed E-state index contributed by atoms with van der Waals surface area (Å²) >= 11 is 0. The first kappa shape index (κ1) is 16.8. The largest absolute Gasteiger partial charge is 0.377 e. The summed E-state index contributed by atoms with van der Waals surface area (Å²) in [5.41, 5.74) is 2.04. The number of halogens is 1. The topological polar surface area (TPSA) is 45.7 Å². The average Bonchev–Trinajstić information content (AvgIpc) is 2.97. The number of ether oxygens (including phenoxy) is 1. The molecule has 2 saturated carbocycles. The van der Waals surface area contributed by atoms with Gasteiger partial charge in [0.15, 0.2) is 5.96 Å². The number of hydrogen-bond donors (Lipinski definition) is 2. The van der Waals surface area contributed by atoms with Gasteiger partial charge in [-0.3, -0.25) is 0 Å². The Balaban J connectivity index is 1.46. The van der Waals surface area contributed by atoms with E-state index < -0.39 is 0 Å². The Morgan fingerprint density at radius 1 is 1.40 bits per heavy atom. The molecule has 1 spiro atoms. The van der Waals surface area contributed by atoms with Crippen molar-refractivity contribution in [2.24, 2.45) is 16.3 Å². The van der Waals surface area contributed by atoms with Gasteiger partial charge in [0.25, 0.3) is 0 Å². The van der Waals surface area contributed by atoms with Crippen LogP contribution in [0.2, 0.25) is 0 Å². The number of guanidine groups is 1. The summed E-state index contributed by atoms with van der Waals surface area (Å²) in [7, 11) is 0. The summed E-state index contributed by atoms with van der Waals surface area (Å²) in [6, 6.07) is 5.69. The molecule has 3 unspecified atom stereocenters. The van der Waals surface area contributed by atoms with Crippen LogP contribution in [-0.2, 0) is 11.3 Å². The van der Waals surface area contributed by atoms with Gasteiger partial charge in [0.2, 0.25) is 0 Å². The van der Waals surface area contributed by atoms with E-state index in [4.69, 9.17) is 9.73 Å². The van der Waals surface area contributed by atoms with E-state index in [-0.39, 0.29) is 5.82 Å². The molecule has 136 valence electrons. The van der Waals surface area contributed by atoms with E-state index in [2.05, 4.69) is 17.6 Å². The predicted octanol–water partition coefficient (Wildman–Crippen LogP) is 3.15. The van der Waals surface area contributed by atoms with Crippen LogP contribution in [0.3, 0.4) is 0 Å². The zero-order valence-electron chi connectivity index (χ0n) is 15.1. The maximum absolute atomic E-state index is 13.4. The molecule has 1 saturated heterocycles. The van der Waals surface area contributed by atoms with E-state index >= 15 is 0 Å². The number of nitrogens with one attached hydrogen (secondary N) is 2. The second-order valence-electron chi connectivity index (χ2n) is 7.73. The number of benzene rings is 1. The first-order chi connectivity index (χ1) is 12.1. The van der Waals surface area contributed by atoms with E-state index in [1.54, 1.807) is 6.92 Å². The lowest BCUT2D eigenvalue weighted by molar-refractivity contribution is -0.171. The molecule has 0 radical (unpaired) electrons. The van der Waals surface area contributed by atoms with Gasteiger partial charge in [-0.15, -0.1) is 0 Å². The van der Waals surface area contributed by atoms with Crippen LogP contribution in [0.5, 0.6) is 0 Å². The molecule has 2 N–H and O–H groups in total. The van der Waals surface area contributed by atoms with Crippen molar-refractivity contribution in [1.82, 2.24) is 10.6 Å². The van der Waals surface area contributed by atoms with Crippen LogP contribution in [0.4, 0.5) is 4.39 Å². The van der Waals surface area contributed by atoms with Crippen LogP contribution in [0, 0.1) is 24.1 Å². The van der Waals surface area contributed by atoms with Crippen molar-refractivity contribution >= 4 is 5.96 Å². The zero-order valence-corrected chi connectivity index (χ0v) is 15.1. The van der Waals surface area contributed by atoms with Gasteiger partial charge in [-0.1, -0.05) is 18.6 Å². The molecule has 0 bridgehead atoms. The summed E-state index contributed by atoms with van der Waals surface area (Å²) in [6.45, 7) is 6.17. The van der Waals surface area contributed by atoms with Gasteiger partial charge >= 0.3 is 0 Å². The number of hydrogen-bond acceptors (Lipinski definition) is 2. The smallest absolute Gasteiger partial charge is 0.191 e. The molecule has 3 fully saturated rings. The minimum Gasteiger partial charge on any atom is -0.377 e. The summed E-state index contributed by atoms with van der Waals surface area (Å²) in [4.78, 5) is 4.75. The molecule has 5 heteroatoms. The first-order valence-electron chi connectivity index (χ1n) is 9.55. The Morgan fingerprint density at radius 3 is 2.92 bits per heavy atom. The van der Waals surface area contributed by atoms with Gasteiger partial charge in [-0.25, -0.2) is 9.38 Å². The molecule has 3 atom stereocenters. The summed E-state index contributed by atoms with van der Waals surface area (Å²) in [6.07, 6.45) is 5.46. The van der Waals surface area contributed by atoms with Gasteiger partial charge in [-0.2, -0.15) is 0 Å². The van der Waals surface area contributed by atoms with Crippen LogP contribution in [0.1, 0.15) is 43.7 Å². The van der Waals surface area contributed by atoms with Gasteiger partial charge in [-0.05, 0) is 50.3 Å². The fraction of sp³-hybridized carbons (Fsp3) is 0.650. The molecule has 3 aliphatic rings. The Hall–Kier alpha value is -1.62. The third kappa shape index (κ3) is 2.82. The van der Waals surface area contributed by atoms with Crippen molar-refractivity contribution in [1.29, 1.82) is 0 Å². The minimum absolute atomic E-state index is 0.161. The van der Waals surface area contributed by atoms with Crippen LogP contribution in [0.15, 0.2) is 23.2 Å². The quantitative estimate of drug-likeness (QED) is 0.651. The lowest BCUT2D eigenvalue weighted by atomic mass is 9.46. The molecule has 0 amide bonds. The SMILES string of the molecule is CCNC(=NCc1ccc(F)c(C)c1)NC1C2CCOC2C12CCC2. The standard InChI is InChI=1S/C20H28FN3O/c1-3-22-19(23-12-14-5-6-16(21)13(2)11-14)24-17-15-7-10-25-18(15)20(17)8-4-9-20/h5-6,11,15,17-18H,3-4,7-10,12H2,1-2H3,(H2,22,23,24). The maximum atomic E-state index is 13.4. The van der Waals surface area contributed by atoms with Crippen molar-refractivity contribution in [2.45, 2.75) is 58.2 Å². The van der Waals surface area contributed by atoms with Gasteiger partial charge < -0.3 is 15.4 Å². The van der Waals surface area contributed by atoms with Crippen molar-refractivity contribution in [3.8, 4) is 0 Å². The fourth-order valence-corrected chi connectivity index (χ4v) is 4.90. The molecule has 1 heterocycles. The normalized spacial score (nSPS) is 29.7. The Kier molecular flexibility index (Phi) is 4.44. The number of nitrogens with zero attached hydrogens (tertiary/aromatic N) is 1. The summed E-state index contributed by atoms with van der Waals surface area (Å²) in [5.74, 6) is 1.33. The highest BCUT2D eigenvalue weighted by Crippen LogP contribution is 2.62. The third-order valence-electron chi connectivity index (χ3n) is 6.31. The van der Waals surface area contributed by atoms with E-state index in [0.717, 1.165) is 31.1 Å². The molecule has 4 rings (SSSR count). The summed E-state index contributed by atoms with van der Waals surface area (Å²) < 4.78 is 19.4. The number of aryl methyl sites for hydroxylation is 1. The molecule has 1 aromatic carbocycles. The highest BCUT2D eigenvalue weighted by Gasteiger charge is 2.66. The molecular formula is C20H28FN3O. The lowest BCUT2D eigenvalue weighted by Gasteiger charge is -2.63. The Bertz CT molecular complexity index is 671. The van der Waals surface area contributed by atoms with E-state index in [1.807, 2.05) is 12.1 Å². The molecule has 4 nitrogen and oxygen atoms in total. The zero-order chi connectivity index (χ0) is 17.4. The van der Waals surface area contributed by atoms with Crippen molar-refractivity contribution in [3.63, 3.8) is 0 Å². The third-order valence-corrected chi connectivity index (χ3v) is 6.31. The lowest BCUT2D eigenvalue weighted by Crippen LogP contribution is -2.72. The molecule has 2 aliphatic carbocycles. The number of rotatable bonds is 4. The van der Waals surface area contributed by atoms with Crippen molar-refractivity contribution in [2.75, 3.05) is 13.2 Å². The monoisotopic (exact) mass is 345 g/mol.